The van der Waals surface area contributed by atoms with Gasteiger partial charge in [0.25, 0.3) is 0 Å². The largest absolute Gasteiger partial charge is 0.396 e. The predicted octanol–water partition coefficient (Wildman–Crippen LogP) is 1.58. The molecule has 0 saturated carbocycles. The second kappa shape index (κ2) is 4.97. The third kappa shape index (κ3) is 2.44. The minimum Gasteiger partial charge on any atom is -0.396 e. The van der Waals surface area contributed by atoms with E-state index in [0.29, 0.717) is 19.5 Å². The summed E-state index contributed by atoms with van der Waals surface area (Å²) in [4.78, 5) is 18.1. The van der Waals surface area contributed by atoms with E-state index in [2.05, 4.69) is 4.98 Å². The molecule has 2 heterocycles. The number of benzene rings is 1. The molecule has 1 aromatic heterocycles. The number of amides is 1. The minimum absolute atomic E-state index is 0.0768. The van der Waals surface area contributed by atoms with E-state index in [1.165, 1.54) is 0 Å². The van der Waals surface area contributed by atoms with E-state index in [-0.39, 0.29) is 18.4 Å². The molecule has 1 N–H and O–H groups in total. The molecule has 4 heteroatoms. The van der Waals surface area contributed by atoms with E-state index in [1.807, 2.05) is 36.4 Å². The van der Waals surface area contributed by atoms with Gasteiger partial charge in [-0.3, -0.25) is 9.78 Å². The zero-order valence-electron chi connectivity index (χ0n) is 10.6. The van der Waals surface area contributed by atoms with Gasteiger partial charge in [0.15, 0.2) is 0 Å². The van der Waals surface area contributed by atoms with Crippen LogP contribution in [0.25, 0.3) is 10.9 Å². The number of carbonyl (C=O) groups is 1. The fraction of sp³-hybridized carbons (Fsp3) is 0.333. The molecule has 0 aliphatic carbocycles. The molecule has 0 bridgehead atoms. The Balaban J connectivity index is 1.80. The highest BCUT2D eigenvalue weighted by Gasteiger charge is 2.29. The van der Waals surface area contributed by atoms with Gasteiger partial charge < -0.3 is 10.0 Å². The van der Waals surface area contributed by atoms with Crippen LogP contribution in [0.5, 0.6) is 0 Å². The molecule has 1 unspecified atom stereocenters. The van der Waals surface area contributed by atoms with Crippen LogP contribution >= 0.6 is 0 Å². The Morgan fingerprint density at radius 2 is 2.11 bits per heavy atom. The van der Waals surface area contributed by atoms with Crippen molar-refractivity contribution < 1.29 is 9.90 Å². The van der Waals surface area contributed by atoms with Gasteiger partial charge in [-0.2, -0.15) is 0 Å². The Kier molecular flexibility index (Phi) is 3.17. The lowest BCUT2D eigenvalue weighted by Crippen LogP contribution is -2.25. The van der Waals surface area contributed by atoms with Crippen molar-refractivity contribution in [2.45, 2.75) is 13.0 Å². The van der Waals surface area contributed by atoms with Crippen molar-refractivity contribution in [3.63, 3.8) is 0 Å². The lowest BCUT2D eigenvalue weighted by atomic mass is 10.1. The third-order valence-electron chi connectivity index (χ3n) is 3.56. The van der Waals surface area contributed by atoms with Crippen LogP contribution in [-0.2, 0) is 11.3 Å². The standard InChI is InChI=1S/C15H16N2O2/c18-10-11-7-15(19)17(8-11)9-13-6-5-12-3-1-2-4-14(12)16-13/h1-6,11,18H,7-10H2. The summed E-state index contributed by atoms with van der Waals surface area (Å²) in [7, 11) is 0. The van der Waals surface area contributed by atoms with Gasteiger partial charge in [0, 0.05) is 30.9 Å². The van der Waals surface area contributed by atoms with Crippen molar-refractivity contribution in [2.24, 2.45) is 5.92 Å². The monoisotopic (exact) mass is 256 g/mol. The number of aliphatic hydroxyl groups excluding tert-OH is 1. The van der Waals surface area contributed by atoms with E-state index in [0.717, 1.165) is 16.6 Å². The molecule has 2 aromatic rings. The molecule has 1 aliphatic heterocycles. The summed E-state index contributed by atoms with van der Waals surface area (Å²) in [5, 5.41) is 10.2. The maximum atomic E-state index is 11.8. The molecule has 1 amide bonds. The number of para-hydroxylation sites is 1. The molecule has 19 heavy (non-hydrogen) atoms. The average Bonchev–Trinajstić information content (AvgIpc) is 2.79. The highest BCUT2D eigenvalue weighted by molar-refractivity contribution is 5.79. The van der Waals surface area contributed by atoms with Crippen LogP contribution in [0.15, 0.2) is 36.4 Å². The lowest BCUT2D eigenvalue weighted by molar-refractivity contribution is -0.128. The zero-order valence-corrected chi connectivity index (χ0v) is 10.6. The van der Waals surface area contributed by atoms with Crippen LogP contribution in [0, 0.1) is 5.92 Å². The van der Waals surface area contributed by atoms with Crippen molar-refractivity contribution in [1.29, 1.82) is 0 Å². The summed E-state index contributed by atoms with van der Waals surface area (Å²) < 4.78 is 0. The van der Waals surface area contributed by atoms with Gasteiger partial charge in [0.2, 0.25) is 5.91 Å². The fourth-order valence-electron chi connectivity index (χ4n) is 2.52. The first-order valence-electron chi connectivity index (χ1n) is 6.49. The predicted molar refractivity (Wildman–Crippen MR) is 72.4 cm³/mol. The quantitative estimate of drug-likeness (QED) is 0.907. The number of pyridine rings is 1. The Morgan fingerprint density at radius 1 is 1.26 bits per heavy atom. The Bertz CT molecular complexity index is 612. The van der Waals surface area contributed by atoms with E-state index >= 15 is 0 Å². The van der Waals surface area contributed by atoms with Gasteiger partial charge >= 0.3 is 0 Å². The highest BCUT2D eigenvalue weighted by Crippen LogP contribution is 2.20. The average molecular weight is 256 g/mol. The summed E-state index contributed by atoms with van der Waals surface area (Å²) >= 11 is 0. The van der Waals surface area contributed by atoms with E-state index in [1.54, 1.807) is 4.90 Å². The lowest BCUT2D eigenvalue weighted by Gasteiger charge is -2.16. The van der Waals surface area contributed by atoms with Gasteiger partial charge in [-0.1, -0.05) is 24.3 Å². The number of hydrogen-bond donors (Lipinski definition) is 1. The van der Waals surface area contributed by atoms with Crippen LogP contribution in [-0.4, -0.2) is 34.0 Å². The molecule has 1 aliphatic rings. The molecule has 0 radical (unpaired) electrons. The van der Waals surface area contributed by atoms with E-state index in [9.17, 15) is 4.79 Å². The summed E-state index contributed by atoms with van der Waals surface area (Å²) in [6, 6.07) is 11.9. The first-order valence-corrected chi connectivity index (χ1v) is 6.49. The van der Waals surface area contributed by atoms with E-state index in [4.69, 9.17) is 5.11 Å². The van der Waals surface area contributed by atoms with Gasteiger partial charge in [-0.25, -0.2) is 0 Å². The Morgan fingerprint density at radius 3 is 2.89 bits per heavy atom. The highest BCUT2D eigenvalue weighted by atomic mass is 16.3. The first kappa shape index (κ1) is 12.1. The SMILES string of the molecule is O=C1CC(CO)CN1Cc1ccc2ccccc2n1. The Hall–Kier alpha value is -1.94. The van der Waals surface area contributed by atoms with Crippen LogP contribution in [0.1, 0.15) is 12.1 Å². The molecule has 0 spiro atoms. The van der Waals surface area contributed by atoms with Crippen molar-refractivity contribution in [3.05, 3.63) is 42.1 Å². The maximum absolute atomic E-state index is 11.8. The number of hydrogen-bond acceptors (Lipinski definition) is 3. The van der Waals surface area contributed by atoms with Gasteiger partial charge in [-0.05, 0) is 12.1 Å². The third-order valence-corrected chi connectivity index (χ3v) is 3.56. The minimum atomic E-state index is 0.0768. The number of aliphatic hydroxyl groups is 1. The van der Waals surface area contributed by atoms with Crippen LogP contribution < -0.4 is 0 Å². The molecule has 1 fully saturated rings. The molecule has 1 aromatic carbocycles. The van der Waals surface area contributed by atoms with Crippen LogP contribution in [0.2, 0.25) is 0 Å². The summed E-state index contributed by atoms with van der Waals surface area (Å²) in [5.41, 5.74) is 1.84. The second-order valence-electron chi connectivity index (χ2n) is 5.02. The van der Waals surface area contributed by atoms with Crippen molar-refractivity contribution in [1.82, 2.24) is 9.88 Å². The van der Waals surface area contributed by atoms with Crippen molar-refractivity contribution in [2.75, 3.05) is 13.2 Å². The second-order valence-corrected chi connectivity index (χ2v) is 5.02. The van der Waals surface area contributed by atoms with Gasteiger partial charge in [0.1, 0.15) is 0 Å². The normalized spacial score (nSPS) is 19.3. The summed E-state index contributed by atoms with van der Waals surface area (Å²) in [6.45, 7) is 1.23. The molecule has 4 nitrogen and oxygen atoms in total. The summed E-state index contributed by atoms with van der Waals surface area (Å²) in [6.07, 6.45) is 0.448. The maximum Gasteiger partial charge on any atom is 0.223 e. The molecule has 98 valence electrons. The Labute approximate surface area is 111 Å². The zero-order chi connectivity index (χ0) is 13.2. The van der Waals surface area contributed by atoms with E-state index < -0.39 is 0 Å². The molecule has 1 atom stereocenters. The molecular weight excluding hydrogens is 240 g/mol. The molecule has 1 saturated heterocycles. The topological polar surface area (TPSA) is 53.4 Å². The number of nitrogens with zero attached hydrogens (tertiary/aromatic N) is 2. The van der Waals surface area contributed by atoms with Gasteiger partial charge in [0.05, 0.1) is 17.8 Å². The van der Waals surface area contributed by atoms with Gasteiger partial charge in [-0.15, -0.1) is 0 Å². The number of likely N-dealkylation sites (tertiary alicyclic amines) is 1. The molecular formula is C15H16N2O2. The number of rotatable bonds is 3. The number of aromatic nitrogens is 1. The number of carbonyl (C=O) groups excluding carboxylic acids is 1. The number of fused-ring (bicyclic) bond motifs is 1. The van der Waals surface area contributed by atoms with Crippen LogP contribution in [0.3, 0.4) is 0 Å². The van der Waals surface area contributed by atoms with Crippen LogP contribution in [0.4, 0.5) is 0 Å². The fourth-order valence-corrected chi connectivity index (χ4v) is 2.52. The first-order chi connectivity index (χ1) is 9.26. The van der Waals surface area contributed by atoms with Crippen molar-refractivity contribution in [3.8, 4) is 0 Å². The summed E-state index contributed by atoms with van der Waals surface area (Å²) in [5.74, 6) is 0.182. The van der Waals surface area contributed by atoms with Crippen molar-refractivity contribution >= 4 is 16.8 Å². The molecule has 3 rings (SSSR count). The smallest absolute Gasteiger partial charge is 0.223 e.